The molecule has 0 N–H and O–H groups in total. The quantitative estimate of drug-likeness (QED) is 0.352. The van der Waals surface area contributed by atoms with Gasteiger partial charge in [-0.1, -0.05) is 18.2 Å². The molecule has 2 nitrogen and oxygen atoms in total. The normalized spacial score (nSPS) is 15.2. The van der Waals surface area contributed by atoms with Crippen LogP contribution in [0.25, 0.3) is 0 Å². The van der Waals surface area contributed by atoms with E-state index in [1.807, 2.05) is 6.07 Å². The van der Waals surface area contributed by atoms with Crippen molar-refractivity contribution in [3.05, 3.63) is 127 Å². The molecule has 1 heterocycles. The third-order valence-electron chi connectivity index (χ3n) is 5.08. The van der Waals surface area contributed by atoms with Gasteiger partial charge in [-0.05, 0) is 0 Å². The summed E-state index contributed by atoms with van der Waals surface area (Å²) >= 11 is 1.58. The minimum absolute atomic E-state index is 0.183. The first-order valence-corrected chi connectivity index (χ1v) is 13.2. The summed E-state index contributed by atoms with van der Waals surface area (Å²) in [6.07, 6.45) is 0. The van der Waals surface area contributed by atoms with E-state index < -0.39 is 5.79 Å². The van der Waals surface area contributed by atoms with Crippen molar-refractivity contribution in [3.63, 3.8) is 0 Å². The Morgan fingerprint density at radius 1 is 0.548 bits per heavy atom. The van der Waals surface area contributed by atoms with Crippen LogP contribution in [0.15, 0.2) is 119 Å². The van der Waals surface area contributed by atoms with E-state index in [-0.39, 0.29) is 21.2 Å². The molecular weight excluding hydrogens is 515 g/mol. The number of benzene rings is 4. The molecule has 4 heteroatoms. The summed E-state index contributed by atoms with van der Waals surface area (Å²) in [6, 6.07) is 38.5. The first kappa shape index (κ1) is 20.8. The van der Waals surface area contributed by atoms with E-state index in [0.29, 0.717) is 13.2 Å². The Bertz CT molecular complexity index is 1020. The molecule has 1 aliphatic rings. The van der Waals surface area contributed by atoms with Crippen LogP contribution in [0.5, 0.6) is 0 Å². The maximum absolute atomic E-state index is 6.21. The van der Waals surface area contributed by atoms with Gasteiger partial charge in [0.1, 0.15) is 0 Å². The van der Waals surface area contributed by atoms with Gasteiger partial charge in [-0.3, -0.25) is 0 Å². The van der Waals surface area contributed by atoms with E-state index in [0.717, 1.165) is 11.1 Å². The van der Waals surface area contributed by atoms with Crippen molar-refractivity contribution in [2.45, 2.75) is 15.6 Å². The summed E-state index contributed by atoms with van der Waals surface area (Å²) in [5.74, 6) is -0.820. The molecule has 0 spiro atoms. The van der Waals surface area contributed by atoms with Crippen LogP contribution in [-0.2, 0) is 15.3 Å². The van der Waals surface area contributed by atoms with E-state index in [4.69, 9.17) is 9.47 Å². The maximum atomic E-state index is 6.21. The second-order valence-corrected chi connectivity index (χ2v) is 11.3. The molecule has 1 aliphatic heterocycles. The van der Waals surface area contributed by atoms with Gasteiger partial charge < -0.3 is 0 Å². The van der Waals surface area contributed by atoms with E-state index in [2.05, 4.69) is 103 Å². The fraction of sp³-hybridized carbons (Fsp3) is 0.111. The molecule has 1 saturated heterocycles. The molecule has 156 valence electrons. The molecular formula is C27H22IO2S-. The van der Waals surface area contributed by atoms with Crippen LogP contribution < -0.4 is 21.2 Å². The monoisotopic (exact) mass is 537 g/mol. The summed E-state index contributed by atoms with van der Waals surface area (Å²) in [4.78, 5) is 2.43. The second kappa shape index (κ2) is 9.57. The fourth-order valence-electron chi connectivity index (χ4n) is 3.62. The van der Waals surface area contributed by atoms with Crippen molar-refractivity contribution in [2.75, 3.05) is 13.2 Å². The van der Waals surface area contributed by atoms with Gasteiger partial charge in [0.2, 0.25) is 0 Å². The summed E-state index contributed by atoms with van der Waals surface area (Å²) in [7, 11) is 0. The van der Waals surface area contributed by atoms with Gasteiger partial charge in [0, 0.05) is 0 Å². The van der Waals surface area contributed by atoms with E-state index in [1.165, 1.54) is 16.9 Å². The molecule has 0 aromatic heterocycles. The number of halogens is 1. The molecule has 0 bridgehead atoms. The Labute approximate surface area is 197 Å². The predicted octanol–water partition coefficient (Wildman–Crippen LogP) is 3.21. The Balaban J connectivity index is 1.38. The minimum atomic E-state index is -0.820. The van der Waals surface area contributed by atoms with Crippen molar-refractivity contribution in [2.24, 2.45) is 0 Å². The van der Waals surface area contributed by atoms with Gasteiger partial charge in [-0.15, -0.1) is 0 Å². The van der Waals surface area contributed by atoms with Crippen LogP contribution in [-0.4, -0.2) is 13.2 Å². The molecule has 0 saturated carbocycles. The first-order chi connectivity index (χ1) is 15.3. The van der Waals surface area contributed by atoms with Crippen LogP contribution in [0.3, 0.4) is 0 Å². The zero-order chi connectivity index (χ0) is 20.9. The SMILES string of the molecule is c1ccc(Sc2ccc(C3(c4ccc([I-]c5ccccc5)cc4)OCCO3)cc2)cc1. The number of hydrogen-bond donors (Lipinski definition) is 0. The number of rotatable bonds is 6. The minimum Gasteiger partial charge on any atom is -0.0611 e. The van der Waals surface area contributed by atoms with Gasteiger partial charge in [-0.25, -0.2) is 0 Å². The predicted molar refractivity (Wildman–Crippen MR) is 120 cm³/mol. The summed E-state index contributed by atoms with van der Waals surface area (Å²) in [6.45, 7) is 1.19. The van der Waals surface area contributed by atoms with Crippen molar-refractivity contribution < 1.29 is 30.7 Å². The molecule has 0 unspecified atom stereocenters. The van der Waals surface area contributed by atoms with E-state index in [1.54, 1.807) is 11.8 Å². The zero-order valence-corrected chi connectivity index (χ0v) is 19.9. The second-order valence-electron chi connectivity index (χ2n) is 7.15. The number of ether oxygens (including phenoxy) is 2. The standard InChI is InChI=1S/C27H22IO2S/c1-3-7-23(8-4-1)28-24-15-11-21(12-16-24)27(29-19-20-30-27)22-13-17-26(18-14-22)31-25-9-5-2-6-10-25/h1-18H,19-20H2/q-1. The van der Waals surface area contributed by atoms with Crippen LogP contribution in [0, 0.1) is 7.14 Å². The fourth-order valence-corrected chi connectivity index (χ4v) is 6.67. The Hall–Kier alpha value is -2.12. The average molecular weight is 537 g/mol. The molecule has 31 heavy (non-hydrogen) atoms. The van der Waals surface area contributed by atoms with Crippen molar-refractivity contribution in [1.29, 1.82) is 0 Å². The first-order valence-electron chi connectivity index (χ1n) is 10.2. The molecule has 0 aliphatic carbocycles. The van der Waals surface area contributed by atoms with Gasteiger partial charge >= 0.3 is 180 Å². The number of hydrogen-bond acceptors (Lipinski definition) is 3. The third-order valence-corrected chi connectivity index (χ3v) is 8.78. The Morgan fingerprint density at radius 2 is 1.03 bits per heavy atom. The molecule has 0 atom stereocenters. The van der Waals surface area contributed by atoms with Crippen LogP contribution in [0.1, 0.15) is 11.1 Å². The van der Waals surface area contributed by atoms with Crippen molar-refractivity contribution in [1.82, 2.24) is 0 Å². The van der Waals surface area contributed by atoms with Gasteiger partial charge in [-0.2, -0.15) is 0 Å². The van der Waals surface area contributed by atoms with Crippen molar-refractivity contribution in [3.8, 4) is 0 Å². The van der Waals surface area contributed by atoms with E-state index >= 15 is 0 Å². The topological polar surface area (TPSA) is 18.5 Å². The summed E-state index contributed by atoms with van der Waals surface area (Å²) in [5, 5.41) is 0. The summed E-state index contributed by atoms with van der Waals surface area (Å²) < 4.78 is 15.2. The van der Waals surface area contributed by atoms with Gasteiger partial charge in [0.05, 0.1) is 0 Å². The third kappa shape index (κ3) is 4.72. The molecule has 0 amide bonds. The summed E-state index contributed by atoms with van der Waals surface area (Å²) in [5.41, 5.74) is 2.09. The Kier molecular flexibility index (Phi) is 6.41. The smallest absolute Gasteiger partial charge is 0.0611 e. The van der Waals surface area contributed by atoms with Crippen LogP contribution in [0.4, 0.5) is 0 Å². The van der Waals surface area contributed by atoms with Gasteiger partial charge in [0.25, 0.3) is 0 Å². The van der Waals surface area contributed by atoms with E-state index in [9.17, 15) is 0 Å². The molecule has 0 radical (unpaired) electrons. The van der Waals surface area contributed by atoms with Crippen molar-refractivity contribution >= 4 is 11.8 Å². The molecule has 5 rings (SSSR count). The molecule has 1 fully saturated rings. The zero-order valence-electron chi connectivity index (χ0n) is 16.9. The average Bonchev–Trinajstić information content (AvgIpc) is 3.33. The van der Waals surface area contributed by atoms with Crippen LogP contribution >= 0.6 is 11.8 Å². The molecule has 4 aromatic carbocycles. The van der Waals surface area contributed by atoms with Gasteiger partial charge in [0.15, 0.2) is 0 Å². The van der Waals surface area contributed by atoms with Crippen LogP contribution in [0.2, 0.25) is 0 Å². The Morgan fingerprint density at radius 3 is 1.65 bits per heavy atom. The molecule has 4 aromatic rings.